The normalized spacial score (nSPS) is 35.0. The van der Waals surface area contributed by atoms with Crippen molar-refractivity contribution in [3.63, 3.8) is 0 Å². The summed E-state index contributed by atoms with van der Waals surface area (Å²) in [7, 11) is 0. The number of nitrogens with one attached hydrogen (secondary N) is 1. The first-order valence-electron chi connectivity index (χ1n) is 7.73. The second-order valence-corrected chi connectivity index (χ2v) is 8.02. The summed E-state index contributed by atoms with van der Waals surface area (Å²) in [6, 6.07) is 0.472. The number of hydrogen-bond acceptors (Lipinski definition) is 6. The Kier molecular flexibility index (Phi) is 3.96. The Bertz CT molecular complexity index is 475. The highest BCUT2D eigenvalue weighted by Gasteiger charge is 2.58. The average molecular weight is 311 g/mol. The lowest BCUT2D eigenvalue weighted by Gasteiger charge is -2.43. The number of aromatic nitrogens is 2. The summed E-state index contributed by atoms with van der Waals surface area (Å²) < 4.78 is 13.2. The molecule has 118 valence electrons. The molecule has 0 aliphatic heterocycles. The first-order valence-corrected chi connectivity index (χ1v) is 8.47. The van der Waals surface area contributed by atoms with Gasteiger partial charge in [0, 0.05) is 12.6 Å². The van der Waals surface area contributed by atoms with E-state index in [0.29, 0.717) is 29.3 Å². The summed E-state index contributed by atoms with van der Waals surface area (Å²) in [6.07, 6.45) is 5.02. The molecular weight excluding hydrogens is 286 g/mol. The van der Waals surface area contributed by atoms with Crippen LogP contribution in [0.25, 0.3) is 0 Å². The minimum Gasteiger partial charge on any atom is -0.473 e. The quantitative estimate of drug-likeness (QED) is 0.842. The van der Waals surface area contributed by atoms with Gasteiger partial charge >= 0.3 is 0 Å². The van der Waals surface area contributed by atoms with Gasteiger partial charge in [-0.05, 0) is 36.0 Å². The van der Waals surface area contributed by atoms with Crippen molar-refractivity contribution in [3.05, 3.63) is 6.20 Å². The zero-order valence-electron chi connectivity index (χ0n) is 13.0. The fourth-order valence-corrected chi connectivity index (χ4v) is 4.89. The van der Waals surface area contributed by atoms with Crippen molar-refractivity contribution in [2.45, 2.75) is 52.2 Å². The molecule has 2 bridgehead atoms. The standard InChI is InChI=1S/C15H25N3O2S/c1-14(2)10-4-5-15(3,6-10)13(14)16-7-11(19)9-20-12-8-17-21-18-12/h8,10-11,13,16,19H,4-7,9H2,1-3H3. The topological polar surface area (TPSA) is 67.3 Å². The molecule has 2 aliphatic rings. The maximum atomic E-state index is 10.1. The zero-order chi connectivity index (χ0) is 15.1. The lowest BCUT2D eigenvalue weighted by molar-refractivity contribution is 0.0677. The van der Waals surface area contributed by atoms with Crippen molar-refractivity contribution in [1.29, 1.82) is 0 Å². The van der Waals surface area contributed by atoms with E-state index in [1.54, 1.807) is 6.20 Å². The van der Waals surface area contributed by atoms with Crippen molar-refractivity contribution in [1.82, 2.24) is 14.1 Å². The number of fused-ring (bicyclic) bond motifs is 2. The van der Waals surface area contributed by atoms with Gasteiger partial charge in [-0.2, -0.15) is 4.37 Å². The van der Waals surface area contributed by atoms with Crippen LogP contribution in [0.4, 0.5) is 0 Å². The Morgan fingerprint density at radius 1 is 1.52 bits per heavy atom. The molecule has 2 N–H and O–H groups in total. The van der Waals surface area contributed by atoms with E-state index in [2.05, 4.69) is 34.8 Å². The maximum Gasteiger partial charge on any atom is 0.245 e. The Morgan fingerprint density at radius 3 is 2.95 bits per heavy atom. The zero-order valence-corrected chi connectivity index (χ0v) is 13.8. The SMILES string of the molecule is CC12CCC(C1)C(C)(C)C2NCC(O)COc1cnsn1. The molecule has 2 aliphatic carbocycles. The molecule has 0 radical (unpaired) electrons. The molecular formula is C15H25N3O2S. The van der Waals surface area contributed by atoms with Crippen LogP contribution in [0.3, 0.4) is 0 Å². The van der Waals surface area contributed by atoms with Gasteiger partial charge in [0.25, 0.3) is 0 Å². The Morgan fingerprint density at radius 2 is 2.33 bits per heavy atom. The number of hydrogen-bond donors (Lipinski definition) is 2. The van der Waals surface area contributed by atoms with Gasteiger partial charge in [-0.25, -0.2) is 0 Å². The number of aliphatic hydroxyl groups is 1. The monoisotopic (exact) mass is 311 g/mol. The lowest BCUT2D eigenvalue weighted by atomic mass is 9.68. The lowest BCUT2D eigenvalue weighted by Crippen LogP contribution is -2.52. The van der Waals surface area contributed by atoms with E-state index in [1.807, 2.05) is 0 Å². The molecule has 3 rings (SSSR count). The van der Waals surface area contributed by atoms with Crippen molar-refractivity contribution in [3.8, 4) is 5.88 Å². The van der Waals surface area contributed by atoms with E-state index in [9.17, 15) is 5.11 Å². The highest BCUT2D eigenvalue weighted by Crippen LogP contribution is 2.62. The minimum absolute atomic E-state index is 0.256. The summed E-state index contributed by atoms with van der Waals surface area (Å²) >= 11 is 1.11. The van der Waals surface area contributed by atoms with Crippen LogP contribution >= 0.6 is 11.7 Å². The highest BCUT2D eigenvalue weighted by molar-refractivity contribution is 6.99. The number of rotatable bonds is 6. The third-order valence-electron chi connectivity index (χ3n) is 5.59. The third-order valence-corrected chi connectivity index (χ3v) is 6.05. The highest BCUT2D eigenvalue weighted by atomic mass is 32.1. The largest absolute Gasteiger partial charge is 0.473 e. The van der Waals surface area contributed by atoms with Gasteiger partial charge in [-0.15, -0.1) is 4.37 Å². The van der Waals surface area contributed by atoms with E-state index >= 15 is 0 Å². The molecule has 4 atom stereocenters. The molecule has 0 saturated heterocycles. The summed E-state index contributed by atoms with van der Waals surface area (Å²) in [5.74, 6) is 1.31. The summed E-state index contributed by atoms with van der Waals surface area (Å²) in [5, 5.41) is 13.7. The molecule has 2 saturated carbocycles. The molecule has 1 aromatic heterocycles. The van der Waals surface area contributed by atoms with Gasteiger partial charge in [0.1, 0.15) is 18.9 Å². The molecule has 2 fully saturated rings. The second kappa shape index (κ2) is 5.48. The van der Waals surface area contributed by atoms with E-state index in [4.69, 9.17) is 4.74 Å². The smallest absolute Gasteiger partial charge is 0.245 e. The molecule has 0 spiro atoms. The number of nitrogens with zero attached hydrogens (tertiary/aromatic N) is 2. The van der Waals surface area contributed by atoms with E-state index < -0.39 is 6.10 Å². The van der Waals surface area contributed by atoms with Gasteiger partial charge < -0.3 is 15.2 Å². The van der Waals surface area contributed by atoms with E-state index in [-0.39, 0.29) is 6.61 Å². The number of ether oxygens (including phenoxy) is 1. The minimum atomic E-state index is -0.523. The van der Waals surface area contributed by atoms with Crippen LogP contribution in [-0.2, 0) is 0 Å². The van der Waals surface area contributed by atoms with Crippen LogP contribution in [-0.4, -0.2) is 39.2 Å². The maximum absolute atomic E-state index is 10.1. The Hall–Kier alpha value is -0.720. The van der Waals surface area contributed by atoms with Gasteiger partial charge in [0.2, 0.25) is 5.88 Å². The van der Waals surface area contributed by atoms with E-state index in [0.717, 1.165) is 17.6 Å². The second-order valence-electron chi connectivity index (χ2n) is 7.47. The molecule has 1 heterocycles. The van der Waals surface area contributed by atoms with Crippen LogP contribution in [0.1, 0.15) is 40.0 Å². The van der Waals surface area contributed by atoms with Gasteiger partial charge in [0.05, 0.1) is 11.7 Å². The summed E-state index contributed by atoms with van der Waals surface area (Å²) in [6.45, 7) is 7.94. The first-order chi connectivity index (χ1) is 9.92. The molecule has 6 heteroatoms. The third kappa shape index (κ3) is 2.81. The van der Waals surface area contributed by atoms with Crippen LogP contribution in [0.2, 0.25) is 0 Å². The predicted molar refractivity (Wildman–Crippen MR) is 82.4 cm³/mol. The van der Waals surface area contributed by atoms with Crippen molar-refractivity contribution in [2.24, 2.45) is 16.7 Å². The number of aliphatic hydroxyl groups excluding tert-OH is 1. The first kappa shape index (κ1) is 15.2. The molecule has 1 aromatic rings. The van der Waals surface area contributed by atoms with Gasteiger partial charge in [-0.3, -0.25) is 0 Å². The van der Waals surface area contributed by atoms with Crippen molar-refractivity contribution in [2.75, 3.05) is 13.2 Å². The summed E-state index contributed by atoms with van der Waals surface area (Å²) in [5.41, 5.74) is 0.694. The van der Waals surface area contributed by atoms with Gasteiger partial charge in [0.15, 0.2) is 0 Å². The van der Waals surface area contributed by atoms with Crippen molar-refractivity contribution >= 4 is 11.7 Å². The average Bonchev–Trinajstić information content (AvgIpc) is 3.09. The van der Waals surface area contributed by atoms with Crippen molar-refractivity contribution < 1.29 is 9.84 Å². The van der Waals surface area contributed by atoms with Gasteiger partial charge in [-0.1, -0.05) is 20.8 Å². The molecule has 5 nitrogen and oxygen atoms in total. The molecule has 0 aromatic carbocycles. The molecule has 21 heavy (non-hydrogen) atoms. The van der Waals surface area contributed by atoms with Crippen LogP contribution in [0, 0.1) is 16.7 Å². The fraction of sp³-hybridized carbons (Fsp3) is 0.867. The Balaban J connectivity index is 1.50. The van der Waals surface area contributed by atoms with Crippen LogP contribution < -0.4 is 10.1 Å². The Labute approximate surface area is 130 Å². The fourth-order valence-electron chi connectivity index (χ4n) is 4.53. The predicted octanol–water partition coefficient (Wildman–Crippen LogP) is 2.08. The van der Waals surface area contributed by atoms with Crippen LogP contribution in [0.15, 0.2) is 6.20 Å². The molecule has 0 amide bonds. The molecule has 4 unspecified atom stereocenters. The van der Waals surface area contributed by atoms with E-state index in [1.165, 1.54) is 19.3 Å². The summed E-state index contributed by atoms with van der Waals surface area (Å²) in [4.78, 5) is 0. The van der Waals surface area contributed by atoms with Crippen LogP contribution in [0.5, 0.6) is 5.88 Å².